The van der Waals surface area contributed by atoms with Crippen LogP contribution in [0.1, 0.15) is 16.1 Å². The summed E-state index contributed by atoms with van der Waals surface area (Å²) < 4.78 is 5.24. The topological polar surface area (TPSA) is 52.1 Å². The first-order chi connectivity index (χ1) is 10.6. The van der Waals surface area contributed by atoms with Gasteiger partial charge in [0.1, 0.15) is 16.9 Å². The summed E-state index contributed by atoms with van der Waals surface area (Å²) in [4.78, 5) is 20.1. The summed E-state index contributed by atoms with van der Waals surface area (Å²) in [6, 6.07) is 12.2. The second-order valence-electron chi connectivity index (χ2n) is 4.57. The van der Waals surface area contributed by atoms with E-state index in [1.165, 1.54) is 0 Å². The zero-order valence-electron chi connectivity index (χ0n) is 11.3. The van der Waals surface area contributed by atoms with Crippen molar-refractivity contribution in [3.63, 3.8) is 0 Å². The molecule has 0 radical (unpaired) electrons. The van der Waals surface area contributed by atoms with Crippen LogP contribution in [0, 0.1) is 0 Å². The van der Waals surface area contributed by atoms with Crippen molar-refractivity contribution >= 4 is 39.9 Å². The van der Waals surface area contributed by atoms with E-state index in [1.807, 2.05) is 6.07 Å². The molecule has 22 heavy (non-hydrogen) atoms. The molecule has 0 unspecified atom stereocenters. The predicted molar refractivity (Wildman–Crippen MR) is 85.1 cm³/mol. The van der Waals surface area contributed by atoms with Crippen LogP contribution in [-0.4, -0.2) is 15.9 Å². The molecule has 3 rings (SSSR count). The van der Waals surface area contributed by atoms with E-state index in [0.717, 1.165) is 5.39 Å². The molecule has 0 aliphatic heterocycles. The first-order valence-electron chi connectivity index (χ1n) is 6.46. The van der Waals surface area contributed by atoms with Crippen molar-refractivity contribution in [2.45, 2.75) is 6.61 Å². The lowest BCUT2D eigenvalue weighted by atomic mass is 10.2. The second-order valence-corrected chi connectivity index (χ2v) is 5.32. The zero-order chi connectivity index (χ0) is 15.5. The van der Waals surface area contributed by atoms with Crippen molar-refractivity contribution in [2.75, 3.05) is 0 Å². The fraction of sp³-hybridized carbons (Fsp3) is 0.0625. The van der Waals surface area contributed by atoms with Crippen LogP contribution in [0.5, 0.6) is 0 Å². The molecule has 3 aromatic rings. The van der Waals surface area contributed by atoms with Gasteiger partial charge in [-0.15, -0.1) is 0 Å². The summed E-state index contributed by atoms with van der Waals surface area (Å²) in [6.45, 7) is 0.0337. The van der Waals surface area contributed by atoms with E-state index in [2.05, 4.69) is 9.97 Å². The summed E-state index contributed by atoms with van der Waals surface area (Å²) >= 11 is 12.0. The third-order valence-corrected chi connectivity index (χ3v) is 3.54. The first kappa shape index (κ1) is 14.8. The molecule has 0 aliphatic rings. The summed E-state index contributed by atoms with van der Waals surface area (Å²) in [7, 11) is 0. The van der Waals surface area contributed by atoms with Gasteiger partial charge in [0.2, 0.25) is 0 Å². The number of aromatic nitrogens is 2. The molecule has 1 aromatic carbocycles. The molecule has 0 aliphatic carbocycles. The Morgan fingerprint density at radius 3 is 2.68 bits per heavy atom. The third-order valence-electron chi connectivity index (χ3n) is 3.05. The van der Waals surface area contributed by atoms with Crippen LogP contribution in [0.4, 0.5) is 0 Å². The van der Waals surface area contributed by atoms with Crippen LogP contribution in [0.3, 0.4) is 0 Å². The van der Waals surface area contributed by atoms with Gasteiger partial charge in [-0.05, 0) is 24.3 Å². The number of benzene rings is 1. The maximum atomic E-state index is 11.9. The Morgan fingerprint density at radius 2 is 1.91 bits per heavy atom. The smallest absolute Gasteiger partial charge is 0.338 e. The molecule has 0 N–H and O–H groups in total. The van der Waals surface area contributed by atoms with E-state index in [4.69, 9.17) is 27.9 Å². The lowest BCUT2D eigenvalue weighted by Gasteiger charge is -2.07. The number of esters is 1. The molecule has 110 valence electrons. The summed E-state index contributed by atoms with van der Waals surface area (Å²) in [6.07, 6.45) is 1.60. The van der Waals surface area contributed by atoms with Gasteiger partial charge in [0.05, 0.1) is 11.3 Å². The van der Waals surface area contributed by atoms with Gasteiger partial charge >= 0.3 is 5.97 Å². The van der Waals surface area contributed by atoms with Gasteiger partial charge in [0.15, 0.2) is 0 Å². The minimum absolute atomic E-state index is 0.0337. The number of rotatable bonds is 3. The zero-order valence-corrected chi connectivity index (χ0v) is 12.8. The highest BCUT2D eigenvalue weighted by Gasteiger charge is 2.10. The van der Waals surface area contributed by atoms with Crippen LogP contribution >= 0.6 is 23.2 Å². The normalized spacial score (nSPS) is 10.6. The fourth-order valence-corrected chi connectivity index (χ4v) is 2.43. The molecule has 0 spiro atoms. The minimum atomic E-state index is -0.409. The van der Waals surface area contributed by atoms with Crippen molar-refractivity contribution in [2.24, 2.45) is 0 Å². The van der Waals surface area contributed by atoms with Gasteiger partial charge in [-0.1, -0.05) is 41.4 Å². The monoisotopic (exact) mass is 332 g/mol. The molecule has 0 bridgehead atoms. The molecular formula is C16H10Cl2N2O2. The van der Waals surface area contributed by atoms with Gasteiger partial charge in [-0.2, -0.15) is 0 Å². The highest BCUT2D eigenvalue weighted by Crippen LogP contribution is 2.24. The Hall–Kier alpha value is -2.17. The number of nitrogens with zero attached hydrogens (tertiary/aromatic N) is 2. The van der Waals surface area contributed by atoms with E-state index >= 15 is 0 Å². The number of ether oxygens (including phenoxy) is 1. The lowest BCUT2D eigenvalue weighted by molar-refractivity contribution is 0.0468. The van der Waals surface area contributed by atoms with Gasteiger partial charge in [-0.25, -0.2) is 14.8 Å². The van der Waals surface area contributed by atoms with Crippen molar-refractivity contribution in [3.05, 3.63) is 70.2 Å². The number of carbonyl (C=O) groups is 1. The van der Waals surface area contributed by atoms with Crippen LogP contribution < -0.4 is 0 Å². The average Bonchev–Trinajstić information content (AvgIpc) is 2.54. The van der Waals surface area contributed by atoms with Crippen molar-refractivity contribution in [1.29, 1.82) is 0 Å². The van der Waals surface area contributed by atoms with Gasteiger partial charge < -0.3 is 4.74 Å². The molecule has 2 heterocycles. The first-order valence-corrected chi connectivity index (χ1v) is 7.22. The Bertz CT molecular complexity index is 838. The molecule has 0 saturated heterocycles. The molecule has 0 saturated carbocycles. The highest BCUT2D eigenvalue weighted by atomic mass is 35.5. The standard InChI is InChI=1S/C16H10Cl2N2O2/c17-14-7-13-11(8-19-14)6-12(20-15(13)18)9-22-16(21)10-4-2-1-3-5-10/h1-8H,9H2. The van der Waals surface area contributed by atoms with Gasteiger partial charge in [0.25, 0.3) is 0 Å². The van der Waals surface area contributed by atoms with Gasteiger partial charge in [-0.3, -0.25) is 0 Å². The molecular weight excluding hydrogens is 323 g/mol. The number of hydrogen-bond acceptors (Lipinski definition) is 4. The number of carbonyl (C=O) groups excluding carboxylic acids is 1. The summed E-state index contributed by atoms with van der Waals surface area (Å²) in [5.41, 5.74) is 1.04. The Balaban J connectivity index is 1.80. The van der Waals surface area contributed by atoms with Crippen molar-refractivity contribution in [3.8, 4) is 0 Å². The summed E-state index contributed by atoms with van der Waals surface area (Å²) in [5, 5.41) is 2.14. The average molecular weight is 333 g/mol. The second kappa shape index (κ2) is 6.30. The fourth-order valence-electron chi connectivity index (χ4n) is 2.00. The maximum absolute atomic E-state index is 11.9. The number of halogens is 2. The van der Waals surface area contributed by atoms with Crippen molar-refractivity contribution in [1.82, 2.24) is 9.97 Å². The number of hydrogen-bond donors (Lipinski definition) is 0. The third kappa shape index (κ3) is 3.18. The van der Waals surface area contributed by atoms with E-state index < -0.39 is 5.97 Å². The molecule has 0 fully saturated rings. The SMILES string of the molecule is O=C(OCc1cc2cnc(Cl)cc2c(Cl)n1)c1ccccc1. The van der Waals surface area contributed by atoms with E-state index in [1.54, 1.807) is 42.6 Å². The van der Waals surface area contributed by atoms with Crippen molar-refractivity contribution < 1.29 is 9.53 Å². The highest BCUT2D eigenvalue weighted by molar-refractivity contribution is 6.35. The maximum Gasteiger partial charge on any atom is 0.338 e. The van der Waals surface area contributed by atoms with Crippen LogP contribution in [0.2, 0.25) is 10.3 Å². The van der Waals surface area contributed by atoms with Crippen LogP contribution in [0.25, 0.3) is 10.8 Å². The lowest BCUT2D eigenvalue weighted by Crippen LogP contribution is -2.06. The largest absolute Gasteiger partial charge is 0.456 e. The predicted octanol–water partition coefficient (Wildman–Crippen LogP) is 4.29. The molecule has 4 nitrogen and oxygen atoms in total. The number of pyridine rings is 2. The molecule has 0 amide bonds. The Kier molecular flexibility index (Phi) is 4.22. The molecule has 0 atom stereocenters. The Labute approximate surface area is 136 Å². The van der Waals surface area contributed by atoms with Crippen LogP contribution in [-0.2, 0) is 11.3 Å². The molecule has 6 heteroatoms. The Morgan fingerprint density at radius 1 is 1.14 bits per heavy atom. The minimum Gasteiger partial charge on any atom is -0.456 e. The van der Waals surface area contributed by atoms with Gasteiger partial charge in [0, 0.05) is 17.0 Å². The van der Waals surface area contributed by atoms with E-state index in [9.17, 15) is 4.79 Å². The van der Waals surface area contributed by atoms with E-state index in [-0.39, 0.29) is 6.61 Å². The number of fused-ring (bicyclic) bond motifs is 1. The summed E-state index contributed by atoms with van der Waals surface area (Å²) in [5.74, 6) is -0.409. The van der Waals surface area contributed by atoms with Crippen LogP contribution in [0.15, 0.2) is 48.7 Å². The quantitative estimate of drug-likeness (QED) is 0.530. The van der Waals surface area contributed by atoms with E-state index in [0.29, 0.717) is 26.9 Å². The molecule has 2 aromatic heterocycles.